The summed E-state index contributed by atoms with van der Waals surface area (Å²) in [5, 5.41) is 2.56. The van der Waals surface area contributed by atoms with Crippen molar-refractivity contribution in [1.29, 1.82) is 0 Å². The van der Waals surface area contributed by atoms with Gasteiger partial charge in [0.2, 0.25) is 5.82 Å². The Hall–Kier alpha value is -4.15. The predicted octanol–water partition coefficient (Wildman–Crippen LogP) is 4.49. The molecular weight excluding hydrogens is 439 g/mol. The number of methoxy groups -OCH3 is 1. The number of fused-ring (bicyclic) bond motifs is 1. The SMILES string of the molecule is CCOc1ccc(C(=O)Nc2cnc(-n3c(C(F)(F)F)nc4cc(OC)ccc43)cn2)cc1. The van der Waals surface area contributed by atoms with Gasteiger partial charge in [-0.25, -0.2) is 15.0 Å². The Labute approximate surface area is 186 Å². The third-order valence-corrected chi connectivity index (χ3v) is 4.65. The van der Waals surface area contributed by atoms with Crippen LogP contribution >= 0.6 is 0 Å². The summed E-state index contributed by atoms with van der Waals surface area (Å²) in [4.78, 5) is 24.3. The second kappa shape index (κ2) is 8.77. The van der Waals surface area contributed by atoms with Gasteiger partial charge in [0.1, 0.15) is 11.5 Å². The number of imidazole rings is 1. The molecule has 4 aromatic rings. The first-order valence-corrected chi connectivity index (χ1v) is 9.80. The molecular formula is C22H18F3N5O3. The molecule has 0 spiro atoms. The quantitative estimate of drug-likeness (QED) is 0.459. The highest BCUT2D eigenvalue weighted by atomic mass is 19.4. The Morgan fingerprint density at radius 3 is 2.39 bits per heavy atom. The Morgan fingerprint density at radius 2 is 1.79 bits per heavy atom. The maximum Gasteiger partial charge on any atom is 0.450 e. The van der Waals surface area contributed by atoms with Gasteiger partial charge in [-0.1, -0.05) is 0 Å². The molecule has 0 fully saturated rings. The summed E-state index contributed by atoms with van der Waals surface area (Å²) in [5.41, 5.74) is 0.637. The smallest absolute Gasteiger partial charge is 0.450 e. The van der Waals surface area contributed by atoms with Crippen molar-refractivity contribution in [3.05, 3.63) is 66.2 Å². The van der Waals surface area contributed by atoms with Crippen molar-refractivity contribution in [2.24, 2.45) is 0 Å². The van der Waals surface area contributed by atoms with Gasteiger partial charge < -0.3 is 14.8 Å². The van der Waals surface area contributed by atoms with Crippen molar-refractivity contribution < 1.29 is 27.4 Å². The molecule has 0 radical (unpaired) electrons. The third-order valence-electron chi connectivity index (χ3n) is 4.65. The van der Waals surface area contributed by atoms with Crippen molar-refractivity contribution in [1.82, 2.24) is 19.5 Å². The minimum absolute atomic E-state index is 0.0808. The van der Waals surface area contributed by atoms with E-state index in [0.29, 0.717) is 23.7 Å². The van der Waals surface area contributed by atoms with E-state index in [9.17, 15) is 18.0 Å². The molecule has 33 heavy (non-hydrogen) atoms. The Balaban J connectivity index is 1.62. The number of carbonyl (C=O) groups is 1. The zero-order valence-corrected chi connectivity index (χ0v) is 17.6. The number of amides is 1. The first-order chi connectivity index (χ1) is 15.8. The summed E-state index contributed by atoms with van der Waals surface area (Å²) < 4.78 is 52.2. The maximum atomic E-state index is 13.6. The van der Waals surface area contributed by atoms with E-state index >= 15 is 0 Å². The van der Waals surface area contributed by atoms with Crippen LogP contribution in [0, 0.1) is 0 Å². The lowest BCUT2D eigenvalue weighted by Crippen LogP contribution is -2.16. The van der Waals surface area contributed by atoms with Crippen LogP contribution in [-0.2, 0) is 6.18 Å². The van der Waals surface area contributed by atoms with E-state index in [2.05, 4.69) is 20.3 Å². The molecule has 0 saturated carbocycles. The number of ether oxygens (including phenoxy) is 2. The Kier molecular flexibility index (Phi) is 5.86. The van der Waals surface area contributed by atoms with Gasteiger partial charge in [-0.3, -0.25) is 9.36 Å². The van der Waals surface area contributed by atoms with Crippen LogP contribution in [-0.4, -0.2) is 39.1 Å². The van der Waals surface area contributed by atoms with Crippen LogP contribution in [0.15, 0.2) is 54.9 Å². The second-order valence-corrected chi connectivity index (χ2v) is 6.79. The molecule has 1 N–H and O–H groups in total. The van der Waals surface area contributed by atoms with Crippen LogP contribution in [0.2, 0.25) is 0 Å². The van der Waals surface area contributed by atoms with E-state index in [4.69, 9.17) is 9.47 Å². The maximum absolute atomic E-state index is 13.6. The highest BCUT2D eigenvalue weighted by molar-refractivity contribution is 6.03. The van der Waals surface area contributed by atoms with Gasteiger partial charge in [-0.2, -0.15) is 13.2 Å². The highest BCUT2D eigenvalue weighted by Crippen LogP contribution is 2.34. The number of halogens is 3. The van der Waals surface area contributed by atoms with Crippen LogP contribution in [0.1, 0.15) is 23.1 Å². The molecule has 0 aliphatic carbocycles. The van der Waals surface area contributed by atoms with E-state index in [1.54, 1.807) is 24.3 Å². The summed E-state index contributed by atoms with van der Waals surface area (Å²) in [6.07, 6.45) is -2.42. The number of nitrogens with one attached hydrogen (secondary N) is 1. The fourth-order valence-electron chi connectivity index (χ4n) is 3.17. The first kappa shape index (κ1) is 22.1. The summed E-state index contributed by atoms with van der Waals surface area (Å²) in [5.74, 6) is -0.614. The summed E-state index contributed by atoms with van der Waals surface area (Å²) in [6, 6.07) is 10.9. The van der Waals surface area contributed by atoms with Gasteiger partial charge in [0.15, 0.2) is 11.6 Å². The molecule has 1 amide bonds. The van der Waals surface area contributed by atoms with E-state index < -0.39 is 17.9 Å². The Bertz CT molecular complexity index is 1290. The molecule has 0 aliphatic heterocycles. The normalized spacial score (nSPS) is 11.4. The predicted molar refractivity (Wildman–Crippen MR) is 114 cm³/mol. The van der Waals surface area contributed by atoms with Gasteiger partial charge in [-0.05, 0) is 43.3 Å². The summed E-state index contributed by atoms with van der Waals surface area (Å²) in [6.45, 7) is 2.35. The molecule has 170 valence electrons. The number of rotatable bonds is 6. The number of nitrogens with zero attached hydrogens (tertiary/aromatic N) is 4. The lowest BCUT2D eigenvalue weighted by atomic mass is 10.2. The minimum Gasteiger partial charge on any atom is -0.497 e. The molecule has 11 heteroatoms. The first-order valence-electron chi connectivity index (χ1n) is 9.80. The zero-order chi connectivity index (χ0) is 23.6. The largest absolute Gasteiger partial charge is 0.497 e. The third kappa shape index (κ3) is 4.56. The standard InChI is InChI=1S/C22H18F3N5O3/c1-3-33-14-6-4-13(5-7-14)20(31)29-18-11-27-19(12-26-18)30-17-9-8-15(32-2)10-16(17)28-21(30)22(23,24)25/h4-12H,3H2,1-2H3,(H,26,29,31). The van der Waals surface area contributed by atoms with E-state index in [1.807, 2.05) is 6.92 Å². The van der Waals surface area contributed by atoms with Crippen molar-refractivity contribution in [2.45, 2.75) is 13.1 Å². The molecule has 4 rings (SSSR count). The molecule has 0 saturated heterocycles. The van der Waals surface area contributed by atoms with Crippen LogP contribution in [0.5, 0.6) is 11.5 Å². The Morgan fingerprint density at radius 1 is 1.06 bits per heavy atom. The number of aromatic nitrogens is 4. The zero-order valence-electron chi connectivity index (χ0n) is 17.6. The lowest BCUT2D eigenvalue weighted by Gasteiger charge is -2.11. The second-order valence-electron chi connectivity index (χ2n) is 6.79. The van der Waals surface area contributed by atoms with Crippen LogP contribution in [0.25, 0.3) is 16.9 Å². The lowest BCUT2D eigenvalue weighted by molar-refractivity contribution is -0.145. The molecule has 2 heterocycles. The summed E-state index contributed by atoms with van der Waals surface area (Å²) >= 11 is 0. The van der Waals surface area contributed by atoms with Crippen molar-refractivity contribution in [3.8, 4) is 17.3 Å². The molecule has 0 bridgehead atoms. The molecule has 2 aromatic heterocycles. The van der Waals surface area contributed by atoms with Gasteiger partial charge in [0, 0.05) is 11.6 Å². The topological polar surface area (TPSA) is 91.2 Å². The van der Waals surface area contributed by atoms with Crippen molar-refractivity contribution in [3.63, 3.8) is 0 Å². The fourth-order valence-corrected chi connectivity index (χ4v) is 3.17. The van der Waals surface area contributed by atoms with Crippen LogP contribution in [0.3, 0.4) is 0 Å². The van der Waals surface area contributed by atoms with E-state index in [1.165, 1.54) is 31.5 Å². The average molecular weight is 457 g/mol. The van der Waals surface area contributed by atoms with Crippen LogP contribution < -0.4 is 14.8 Å². The number of hydrogen-bond acceptors (Lipinski definition) is 6. The average Bonchev–Trinajstić information content (AvgIpc) is 3.19. The molecule has 0 unspecified atom stereocenters. The number of carbonyl (C=O) groups excluding carboxylic acids is 1. The number of anilines is 1. The molecule has 2 aromatic carbocycles. The molecule has 0 aliphatic rings. The van der Waals surface area contributed by atoms with E-state index in [0.717, 1.165) is 10.8 Å². The monoisotopic (exact) mass is 457 g/mol. The number of hydrogen-bond donors (Lipinski definition) is 1. The fraction of sp³-hybridized carbons (Fsp3) is 0.182. The van der Waals surface area contributed by atoms with Gasteiger partial charge in [0.25, 0.3) is 5.91 Å². The number of alkyl halides is 3. The van der Waals surface area contributed by atoms with Crippen LogP contribution in [0.4, 0.5) is 19.0 Å². The minimum atomic E-state index is -4.73. The molecule has 0 atom stereocenters. The highest BCUT2D eigenvalue weighted by Gasteiger charge is 2.38. The van der Waals surface area contributed by atoms with Crippen molar-refractivity contribution >= 4 is 22.8 Å². The van der Waals surface area contributed by atoms with Gasteiger partial charge in [-0.15, -0.1) is 0 Å². The van der Waals surface area contributed by atoms with Gasteiger partial charge >= 0.3 is 6.18 Å². The van der Waals surface area contributed by atoms with Crippen molar-refractivity contribution in [2.75, 3.05) is 19.0 Å². The summed E-state index contributed by atoms with van der Waals surface area (Å²) in [7, 11) is 1.41. The van der Waals surface area contributed by atoms with Gasteiger partial charge in [0.05, 0.1) is 37.1 Å². The molecule has 8 nitrogen and oxygen atoms in total. The van der Waals surface area contributed by atoms with E-state index in [-0.39, 0.29) is 22.7 Å². The number of benzene rings is 2.